The molecule has 5 nitrogen and oxygen atoms in total. The van der Waals surface area contributed by atoms with Gasteiger partial charge >= 0.3 is 5.97 Å². The van der Waals surface area contributed by atoms with Gasteiger partial charge < -0.3 is 4.74 Å². The summed E-state index contributed by atoms with van der Waals surface area (Å²) in [6.07, 6.45) is 2.06. The van der Waals surface area contributed by atoms with Crippen LogP contribution < -0.4 is 0 Å². The minimum absolute atomic E-state index is 0.159. The number of carbonyl (C=O) groups is 3. The van der Waals surface area contributed by atoms with Gasteiger partial charge in [0, 0.05) is 9.65 Å². The van der Waals surface area contributed by atoms with Gasteiger partial charge in [0.15, 0.2) is 0 Å². The minimum atomic E-state index is -0.792. The number of carbonyl (C=O) groups excluding carboxylic acids is 3. The molecule has 140 valence electrons. The molecule has 0 radical (unpaired) electrons. The van der Waals surface area contributed by atoms with Crippen molar-refractivity contribution in [2.75, 3.05) is 6.61 Å². The molecule has 2 amide bonds. The number of esters is 1. The van der Waals surface area contributed by atoms with E-state index in [2.05, 4.69) is 31.9 Å². The van der Waals surface area contributed by atoms with Gasteiger partial charge in [-0.3, -0.25) is 14.5 Å². The zero-order chi connectivity index (χ0) is 18.5. The van der Waals surface area contributed by atoms with Crippen LogP contribution in [0.1, 0.15) is 40.0 Å². The average molecular weight is 479 g/mol. The smallest absolute Gasteiger partial charge is 0.329 e. The van der Waals surface area contributed by atoms with Crippen molar-refractivity contribution in [1.82, 2.24) is 4.90 Å². The van der Waals surface area contributed by atoms with Crippen molar-refractivity contribution in [3.05, 3.63) is 0 Å². The van der Waals surface area contributed by atoms with E-state index >= 15 is 0 Å². The topological polar surface area (TPSA) is 63.7 Å². The molecule has 0 aromatic heterocycles. The molecule has 1 saturated heterocycles. The van der Waals surface area contributed by atoms with Gasteiger partial charge in [0.1, 0.15) is 6.04 Å². The van der Waals surface area contributed by atoms with E-state index < -0.39 is 12.0 Å². The average Bonchev–Trinajstić information content (AvgIpc) is 3.15. The molecule has 0 aromatic carbocycles. The van der Waals surface area contributed by atoms with Crippen LogP contribution in [0.2, 0.25) is 0 Å². The SMILES string of the molecule is CCCOC(=O)[C@@H](CC(C)C)N1C(=O)[C@@H]2[C@@H]3C[C@H]([C@H](Br)[C@@H]3Br)[C@@H]2C1=O. The van der Waals surface area contributed by atoms with Crippen LogP contribution in [0.4, 0.5) is 0 Å². The Morgan fingerprint density at radius 1 is 1.16 bits per heavy atom. The number of fused-ring (bicyclic) bond motifs is 5. The monoisotopic (exact) mass is 477 g/mol. The molecule has 0 spiro atoms. The van der Waals surface area contributed by atoms with Gasteiger partial charge in [0.05, 0.1) is 18.4 Å². The quantitative estimate of drug-likeness (QED) is 0.334. The standard InChI is InChI=1S/C18H25Br2NO4/c1-4-5-25-18(24)11(6-8(2)3)21-16(22)12-9-7-10(13(12)17(21)23)15(20)14(9)19/h8-15H,4-7H2,1-3H3/t9-,10-,11+,12-,13+,14-,15+/m0/s1. The highest BCUT2D eigenvalue weighted by molar-refractivity contribution is 9.12. The molecule has 3 fully saturated rings. The molecule has 7 heteroatoms. The van der Waals surface area contributed by atoms with E-state index in [1.165, 1.54) is 4.90 Å². The Bertz CT molecular complexity index is 549. The molecule has 2 saturated carbocycles. The second-order valence-electron chi connectivity index (χ2n) is 7.86. The molecule has 1 heterocycles. The summed E-state index contributed by atoms with van der Waals surface area (Å²) in [6.45, 7) is 6.21. The van der Waals surface area contributed by atoms with E-state index in [0.29, 0.717) is 19.4 Å². The molecule has 2 bridgehead atoms. The lowest BCUT2D eigenvalue weighted by molar-refractivity contribution is -0.160. The van der Waals surface area contributed by atoms with Crippen molar-refractivity contribution in [3.8, 4) is 0 Å². The lowest BCUT2D eigenvalue weighted by atomic mass is 9.81. The van der Waals surface area contributed by atoms with E-state index in [1.807, 2.05) is 20.8 Å². The molecule has 0 N–H and O–H groups in total. The fourth-order valence-corrected chi connectivity index (χ4v) is 6.60. The first-order valence-corrected chi connectivity index (χ1v) is 10.9. The fourth-order valence-electron chi connectivity index (χ4n) is 4.73. The Balaban J connectivity index is 1.86. The zero-order valence-corrected chi connectivity index (χ0v) is 18.0. The van der Waals surface area contributed by atoms with Gasteiger partial charge in [-0.25, -0.2) is 4.79 Å². The van der Waals surface area contributed by atoms with Crippen molar-refractivity contribution < 1.29 is 19.1 Å². The lowest BCUT2D eigenvalue weighted by Crippen LogP contribution is -2.47. The van der Waals surface area contributed by atoms with Gasteiger partial charge in [0.2, 0.25) is 11.8 Å². The van der Waals surface area contributed by atoms with Crippen LogP contribution in [-0.4, -0.2) is 45.0 Å². The van der Waals surface area contributed by atoms with Gasteiger partial charge in [-0.1, -0.05) is 52.6 Å². The molecule has 1 aliphatic heterocycles. The lowest BCUT2D eigenvalue weighted by Gasteiger charge is -2.28. The molecule has 2 aliphatic carbocycles. The molecular weight excluding hydrogens is 454 g/mol. The summed E-state index contributed by atoms with van der Waals surface area (Å²) in [4.78, 5) is 40.4. The third kappa shape index (κ3) is 3.09. The number of nitrogens with zero attached hydrogens (tertiary/aromatic N) is 1. The number of halogens is 2. The van der Waals surface area contributed by atoms with Gasteiger partial charge in [-0.2, -0.15) is 0 Å². The summed E-state index contributed by atoms with van der Waals surface area (Å²) in [5, 5.41) is 0. The van der Waals surface area contributed by atoms with Crippen LogP contribution in [0.15, 0.2) is 0 Å². The number of hydrogen-bond donors (Lipinski definition) is 0. The number of alkyl halides is 2. The number of amides is 2. The maximum atomic E-state index is 13.1. The van der Waals surface area contributed by atoms with Crippen LogP contribution in [0.5, 0.6) is 0 Å². The fraction of sp³-hybridized carbons (Fsp3) is 0.833. The number of imide groups is 1. The Morgan fingerprint density at radius 3 is 2.12 bits per heavy atom. The Labute approximate surface area is 165 Å². The highest BCUT2D eigenvalue weighted by Crippen LogP contribution is 2.60. The summed E-state index contributed by atoms with van der Waals surface area (Å²) >= 11 is 7.37. The molecule has 25 heavy (non-hydrogen) atoms. The Hall–Kier alpha value is -0.430. The van der Waals surface area contributed by atoms with E-state index in [0.717, 1.165) is 6.42 Å². The first kappa shape index (κ1) is 19.3. The highest BCUT2D eigenvalue weighted by Gasteiger charge is 2.67. The van der Waals surface area contributed by atoms with Crippen LogP contribution >= 0.6 is 31.9 Å². The normalized spacial score (nSPS) is 37.8. The summed E-state index contributed by atoms with van der Waals surface area (Å²) in [5.74, 6) is -0.871. The third-order valence-corrected chi connectivity index (χ3v) is 8.95. The maximum absolute atomic E-state index is 13.1. The van der Waals surface area contributed by atoms with Crippen molar-refractivity contribution in [2.45, 2.75) is 55.7 Å². The third-order valence-electron chi connectivity index (χ3n) is 5.75. The van der Waals surface area contributed by atoms with E-state index in [4.69, 9.17) is 4.74 Å². The number of likely N-dealkylation sites (tertiary alicyclic amines) is 1. The summed E-state index contributed by atoms with van der Waals surface area (Å²) < 4.78 is 5.29. The molecule has 3 aliphatic rings. The molecule has 3 rings (SSSR count). The van der Waals surface area contributed by atoms with Gasteiger partial charge in [-0.15, -0.1) is 0 Å². The zero-order valence-electron chi connectivity index (χ0n) is 14.8. The Morgan fingerprint density at radius 2 is 1.68 bits per heavy atom. The predicted molar refractivity (Wildman–Crippen MR) is 100 cm³/mol. The van der Waals surface area contributed by atoms with Crippen LogP contribution in [0.3, 0.4) is 0 Å². The van der Waals surface area contributed by atoms with Crippen molar-refractivity contribution in [1.29, 1.82) is 0 Å². The number of ether oxygens (including phenoxy) is 1. The van der Waals surface area contributed by atoms with Crippen LogP contribution in [0.25, 0.3) is 0 Å². The first-order chi connectivity index (χ1) is 11.8. The second kappa shape index (κ2) is 7.29. The number of rotatable bonds is 6. The van der Waals surface area contributed by atoms with E-state index in [1.54, 1.807) is 0 Å². The van der Waals surface area contributed by atoms with Crippen molar-refractivity contribution >= 4 is 49.6 Å². The van der Waals surface area contributed by atoms with E-state index in [-0.39, 0.29) is 51.1 Å². The highest BCUT2D eigenvalue weighted by atomic mass is 79.9. The molecular formula is C18H25Br2NO4. The summed E-state index contributed by atoms with van der Waals surface area (Å²) in [6, 6.07) is -0.792. The van der Waals surface area contributed by atoms with Crippen LogP contribution in [0, 0.1) is 29.6 Å². The summed E-state index contributed by atoms with van der Waals surface area (Å²) in [5.41, 5.74) is 0. The van der Waals surface area contributed by atoms with Crippen molar-refractivity contribution in [3.63, 3.8) is 0 Å². The predicted octanol–water partition coefficient (Wildman–Crippen LogP) is 3.13. The Kier molecular flexibility index (Phi) is 5.64. The minimum Gasteiger partial charge on any atom is -0.464 e. The van der Waals surface area contributed by atoms with Crippen LogP contribution in [-0.2, 0) is 19.1 Å². The molecule has 7 atom stereocenters. The molecule has 0 unspecified atom stereocenters. The number of hydrogen-bond acceptors (Lipinski definition) is 4. The maximum Gasteiger partial charge on any atom is 0.329 e. The van der Waals surface area contributed by atoms with Crippen molar-refractivity contribution in [2.24, 2.45) is 29.6 Å². The van der Waals surface area contributed by atoms with Gasteiger partial charge in [0.25, 0.3) is 0 Å². The summed E-state index contributed by atoms with van der Waals surface area (Å²) in [7, 11) is 0. The first-order valence-electron chi connectivity index (χ1n) is 9.11. The largest absolute Gasteiger partial charge is 0.464 e. The second-order valence-corrected chi connectivity index (χ2v) is 9.98. The van der Waals surface area contributed by atoms with E-state index in [9.17, 15) is 14.4 Å². The van der Waals surface area contributed by atoms with Gasteiger partial charge in [-0.05, 0) is 37.0 Å². The molecule has 0 aromatic rings.